The topological polar surface area (TPSA) is 76.6 Å². The summed E-state index contributed by atoms with van der Waals surface area (Å²) < 4.78 is 11.1. The lowest BCUT2D eigenvalue weighted by Crippen LogP contribution is -2.37. The lowest BCUT2D eigenvalue weighted by atomic mass is 10.2. The highest BCUT2D eigenvalue weighted by molar-refractivity contribution is 7.13. The van der Waals surface area contributed by atoms with Gasteiger partial charge in [-0.25, -0.2) is 9.97 Å². The number of rotatable bonds is 7. The minimum absolute atomic E-state index is 0.129. The summed E-state index contributed by atoms with van der Waals surface area (Å²) in [6.07, 6.45) is 1.91. The molecule has 7 nitrogen and oxygen atoms in total. The predicted octanol–water partition coefficient (Wildman–Crippen LogP) is 3.76. The first-order valence-corrected chi connectivity index (χ1v) is 11.3. The van der Waals surface area contributed by atoms with E-state index in [9.17, 15) is 4.79 Å². The number of carbonyl (C=O) groups excluding carboxylic acids is 1. The molecular weight excluding hydrogens is 412 g/mol. The molecule has 1 fully saturated rings. The molecule has 1 saturated heterocycles. The van der Waals surface area contributed by atoms with Crippen molar-refractivity contribution in [3.05, 3.63) is 59.2 Å². The van der Waals surface area contributed by atoms with Crippen molar-refractivity contribution in [2.24, 2.45) is 0 Å². The van der Waals surface area contributed by atoms with Crippen molar-refractivity contribution in [1.29, 1.82) is 0 Å². The Hall–Kier alpha value is -2.97. The van der Waals surface area contributed by atoms with Crippen LogP contribution >= 0.6 is 11.3 Å². The van der Waals surface area contributed by atoms with Crippen molar-refractivity contribution in [3.8, 4) is 16.3 Å². The number of nitrogens with zero attached hydrogens (tertiary/aromatic N) is 3. The van der Waals surface area contributed by atoms with Crippen LogP contribution in [0.1, 0.15) is 29.9 Å². The highest BCUT2D eigenvalue weighted by atomic mass is 32.1. The van der Waals surface area contributed by atoms with Crippen LogP contribution in [0.5, 0.6) is 5.75 Å². The fraction of sp³-hybridized carbons (Fsp3) is 0.348. The van der Waals surface area contributed by atoms with Gasteiger partial charge in [0.25, 0.3) is 5.91 Å². The number of aromatic nitrogens is 2. The summed E-state index contributed by atoms with van der Waals surface area (Å²) >= 11 is 1.45. The number of morpholine rings is 1. The van der Waals surface area contributed by atoms with Gasteiger partial charge >= 0.3 is 0 Å². The molecule has 0 atom stereocenters. The van der Waals surface area contributed by atoms with Gasteiger partial charge in [0.05, 0.1) is 19.3 Å². The van der Waals surface area contributed by atoms with Gasteiger partial charge in [0.2, 0.25) is 0 Å². The summed E-state index contributed by atoms with van der Waals surface area (Å²) in [5, 5.41) is 5.57. The van der Waals surface area contributed by atoms with Gasteiger partial charge in [-0.3, -0.25) is 4.79 Å². The first-order chi connectivity index (χ1) is 15.1. The van der Waals surface area contributed by atoms with Crippen LogP contribution in [0.2, 0.25) is 0 Å². The molecule has 1 N–H and O–H groups in total. The SMILES string of the molecule is CC(C)Oc1ccc(-c2nc(C(=O)NCc3cccnc3N3CCOCC3)cs2)cc1. The summed E-state index contributed by atoms with van der Waals surface area (Å²) in [7, 11) is 0. The van der Waals surface area contributed by atoms with Crippen molar-refractivity contribution in [2.75, 3.05) is 31.2 Å². The molecule has 1 aromatic carbocycles. The van der Waals surface area contributed by atoms with Gasteiger partial charge in [0.15, 0.2) is 0 Å². The van der Waals surface area contributed by atoms with E-state index in [-0.39, 0.29) is 12.0 Å². The Balaban J connectivity index is 1.40. The average Bonchev–Trinajstić information content (AvgIpc) is 3.29. The Morgan fingerprint density at radius 3 is 2.74 bits per heavy atom. The van der Waals surface area contributed by atoms with Gasteiger partial charge in [0.1, 0.15) is 22.3 Å². The van der Waals surface area contributed by atoms with Crippen LogP contribution in [-0.4, -0.2) is 48.3 Å². The minimum Gasteiger partial charge on any atom is -0.491 e. The first-order valence-electron chi connectivity index (χ1n) is 10.4. The number of thiazole rings is 1. The van der Waals surface area contributed by atoms with Crippen LogP contribution in [0.25, 0.3) is 10.6 Å². The highest BCUT2D eigenvalue weighted by Crippen LogP contribution is 2.26. The molecule has 4 rings (SSSR count). The van der Waals surface area contributed by atoms with E-state index in [2.05, 4.69) is 20.2 Å². The number of amides is 1. The quantitative estimate of drug-likeness (QED) is 0.605. The van der Waals surface area contributed by atoms with Crippen LogP contribution < -0.4 is 15.0 Å². The Bertz CT molecular complexity index is 1010. The Kier molecular flexibility index (Phi) is 6.79. The molecular formula is C23H26N4O3S. The van der Waals surface area contributed by atoms with E-state index in [1.54, 1.807) is 11.6 Å². The van der Waals surface area contributed by atoms with Gasteiger partial charge in [-0.1, -0.05) is 6.07 Å². The molecule has 0 bridgehead atoms. The first kappa shape index (κ1) is 21.3. The minimum atomic E-state index is -0.195. The second kappa shape index (κ2) is 9.89. The maximum atomic E-state index is 12.7. The zero-order valence-electron chi connectivity index (χ0n) is 17.7. The van der Waals surface area contributed by atoms with Gasteiger partial charge in [-0.05, 0) is 44.2 Å². The standard InChI is InChI=1S/C23H26N4O3S/c1-16(2)30-19-7-5-17(6-8-19)23-26-20(15-31-23)22(28)25-14-18-4-3-9-24-21(18)27-10-12-29-13-11-27/h3-9,15-16H,10-14H2,1-2H3,(H,25,28). The van der Waals surface area contributed by atoms with E-state index in [0.717, 1.165) is 40.8 Å². The van der Waals surface area contributed by atoms with Crippen molar-refractivity contribution in [3.63, 3.8) is 0 Å². The monoisotopic (exact) mass is 438 g/mol. The van der Waals surface area contributed by atoms with Gasteiger partial charge < -0.3 is 19.7 Å². The summed E-state index contributed by atoms with van der Waals surface area (Å²) in [5.41, 5.74) is 2.36. The average molecular weight is 439 g/mol. The van der Waals surface area contributed by atoms with E-state index in [1.807, 2.05) is 50.2 Å². The van der Waals surface area contributed by atoms with Crippen LogP contribution in [-0.2, 0) is 11.3 Å². The van der Waals surface area contributed by atoms with Gasteiger partial charge in [-0.15, -0.1) is 11.3 Å². The summed E-state index contributed by atoms with van der Waals surface area (Å²) in [6.45, 7) is 7.36. The van der Waals surface area contributed by atoms with Gasteiger partial charge in [0, 0.05) is 42.3 Å². The number of carbonyl (C=O) groups is 1. The van der Waals surface area contributed by atoms with E-state index < -0.39 is 0 Å². The third-order valence-corrected chi connectivity index (χ3v) is 5.72. The molecule has 162 valence electrons. The largest absolute Gasteiger partial charge is 0.491 e. The van der Waals surface area contributed by atoms with Crippen LogP contribution in [0, 0.1) is 0 Å². The molecule has 0 aliphatic carbocycles. The van der Waals surface area contributed by atoms with Crippen molar-refractivity contribution in [2.45, 2.75) is 26.5 Å². The van der Waals surface area contributed by atoms with E-state index in [0.29, 0.717) is 25.5 Å². The highest BCUT2D eigenvalue weighted by Gasteiger charge is 2.17. The van der Waals surface area contributed by atoms with Crippen molar-refractivity contribution < 1.29 is 14.3 Å². The maximum Gasteiger partial charge on any atom is 0.271 e. The zero-order chi connectivity index (χ0) is 21.6. The molecule has 1 aliphatic heterocycles. The fourth-order valence-corrected chi connectivity index (χ4v) is 4.16. The molecule has 0 unspecified atom stereocenters. The molecule has 31 heavy (non-hydrogen) atoms. The molecule has 0 saturated carbocycles. The van der Waals surface area contributed by atoms with Crippen LogP contribution in [0.15, 0.2) is 48.0 Å². The molecule has 2 aromatic heterocycles. The molecule has 3 heterocycles. The number of hydrogen-bond acceptors (Lipinski definition) is 7. The van der Waals surface area contributed by atoms with E-state index in [1.165, 1.54) is 11.3 Å². The lowest BCUT2D eigenvalue weighted by Gasteiger charge is -2.29. The van der Waals surface area contributed by atoms with Crippen LogP contribution in [0.3, 0.4) is 0 Å². The Morgan fingerprint density at radius 2 is 2.00 bits per heavy atom. The second-order valence-corrected chi connectivity index (χ2v) is 8.36. The van der Waals surface area contributed by atoms with Crippen molar-refractivity contribution >= 4 is 23.1 Å². The Morgan fingerprint density at radius 1 is 1.23 bits per heavy atom. The smallest absolute Gasteiger partial charge is 0.271 e. The third-order valence-electron chi connectivity index (χ3n) is 4.83. The number of benzene rings is 1. The number of anilines is 1. The molecule has 1 amide bonds. The third kappa shape index (κ3) is 5.39. The molecule has 0 spiro atoms. The second-order valence-electron chi connectivity index (χ2n) is 7.50. The number of hydrogen-bond donors (Lipinski definition) is 1. The molecule has 8 heteroatoms. The van der Waals surface area contributed by atoms with E-state index >= 15 is 0 Å². The summed E-state index contributed by atoms with van der Waals surface area (Å²) in [6, 6.07) is 11.6. The predicted molar refractivity (Wildman–Crippen MR) is 122 cm³/mol. The molecule has 0 radical (unpaired) electrons. The van der Waals surface area contributed by atoms with Gasteiger partial charge in [-0.2, -0.15) is 0 Å². The zero-order valence-corrected chi connectivity index (χ0v) is 18.5. The normalized spacial score (nSPS) is 14.0. The fourth-order valence-electron chi connectivity index (χ4n) is 3.35. The molecule has 1 aliphatic rings. The summed E-state index contributed by atoms with van der Waals surface area (Å²) in [4.78, 5) is 23.9. The number of pyridine rings is 1. The van der Waals surface area contributed by atoms with Crippen molar-refractivity contribution in [1.82, 2.24) is 15.3 Å². The molecule has 3 aromatic rings. The number of ether oxygens (including phenoxy) is 2. The van der Waals surface area contributed by atoms with Crippen LogP contribution in [0.4, 0.5) is 5.82 Å². The lowest BCUT2D eigenvalue weighted by molar-refractivity contribution is 0.0946. The Labute approximate surface area is 186 Å². The maximum absolute atomic E-state index is 12.7. The summed E-state index contributed by atoms with van der Waals surface area (Å²) in [5.74, 6) is 1.52. The number of nitrogens with one attached hydrogen (secondary N) is 1. The van der Waals surface area contributed by atoms with E-state index in [4.69, 9.17) is 9.47 Å².